The van der Waals surface area contributed by atoms with Crippen molar-refractivity contribution < 1.29 is 0 Å². The number of hydrogen-bond donors (Lipinski definition) is 1. The number of halogens is 1. The first-order chi connectivity index (χ1) is 6.83. The molecule has 0 spiro atoms. The molecule has 1 heterocycles. The number of rotatable bonds is 2. The van der Waals surface area contributed by atoms with E-state index in [1.165, 1.54) is 10.8 Å². The Morgan fingerprint density at radius 1 is 1.21 bits per heavy atom. The lowest BCUT2D eigenvalue weighted by Crippen LogP contribution is -2.04. The first-order valence-corrected chi connectivity index (χ1v) is 5.34. The summed E-state index contributed by atoms with van der Waals surface area (Å²) >= 11 is 3.52. The molecule has 72 valence electrons. The zero-order valence-electron chi connectivity index (χ0n) is 7.70. The van der Waals surface area contributed by atoms with Crippen LogP contribution in [0.4, 0.5) is 0 Å². The van der Waals surface area contributed by atoms with E-state index in [0.717, 1.165) is 16.6 Å². The Balaban J connectivity index is 2.68. The largest absolute Gasteiger partial charge is 0.330 e. The minimum Gasteiger partial charge on any atom is -0.330 e. The molecule has 2 aromatic rings. The maximum atomic E-state index is 5.54. The Kier molecular flexibility index (Phi) is 2.79. The molecule has 2 N–H and O–H groups in total. The van der Waals surface area contributed by atoms with Crippen molar-refractivity contribution in [2.45, 2.75) is 6.42 Å². The molecule has 3 heteroatoms. The van der Waals surface area contributed by atoms with E-state index >= 15 is 0 Å². The van der Waals surface area contributed by atoms with Crippen LogP contribution in [0.5, 0.6) is 0 Å². The van der Waals surface area contributed by atoms with Crippen LogP contribution >= 0.6 is 15.9 Å². The van der Waals surface area contributed by atoms with Crippen molar-refractivity contribution in [2.24, 2.45) is 5.73 Å². The van der Waals surface area contributed by atoms with Crippen molar-refractivity contribution in [3.05, 3.63) is 40.6 Å². The minimum atomic E-state index is 0.638. The lowest BCUT2D eigenvalue weighted by atomic mass is 10.1. The summed E-state index contributed by atoms with van der Waals surface area (Å²) < 4.78 is 1.11. The van der Waals surface area contributed by atoms with Gasteiger partial charge < -0.3 is 5.73 Å². The van der Waals surface area contributed by atoms with Crippen LogP contribution in [0.1, 0.15) is 5.69 Å². The third kappa shape index (κ3) is 1.65. The number of nitrogens with two attached hydrogens (primary N) is 1. The molecule has 0 aliphatic heterocycles. The normalized spacial score (nSPS) is 10.7. The van der Waals surface area contributed by atoms with Crippen LogP contribution in [-0.4, -0.2) is 11.5 Å². The monoisotopic (exact) mass is 250 g/mol. The van der Waals surface area contributed by atoms with Gasteiger partial charge in [0.25, 0.3) is 0 Å². The lowest BCUT2D eigenvalue weighted by Gasteiger charge is -2.05. The molecule has 0 fully saturated rings. The Morgan fingerprint density at radius 2 is 2.07 bits per heavy atom. The minimum absolute atomic E-state index is 0.638. The van der Waals surface area contributed by atoms with Crippen molar-refractivity contribution in [3.63, 3.8) is 0 Å². The molecule has 0 saturated heterocycles. The number of benzene rings is 1. The molecule has 2 rings (SSSR count). The Bertz CT molecular complexity index is 454. The highest BCUT2D eigenvalue weighted by molar-refractivity contribution is 9.10. The summed E-state index contributed by atoms with van der Waals surface area (Å²) in [6.07, 6.45) is 2.66. The van der Waals surface area contributed by atoms with Gasteiger partial charge >= 0.3 is 0 Å². The van der Waals surface area contributed by atoms with Crippen LogP contribution in [0.3, 0.4) is 0 Å². The second-order valence-corrected chi connectivity index (χ2v) is 3.99. The summed E-state index contributed by atoms with van der Waals surface area (Å²) in [7, 11) is 0. The van der Waals surface area contributed by atoms with Crippen LogP contribution < -0.4 is 5.73 Å². The average molecular weight is 251 g/mol. The summed E-state index contributed by atoms with van der Waals surface area (Å²) in [5, 5.41) is 2.39. The van der Waals surface area contributed by atoms with Gasteiger partial charge in [-0.05, 0) is 24.1 Å². The Morgan fingerprint density at radius 3 is 2.86 bits per heavy atom. The molecule has 0 radical (unpaired) electrons. The Labute approximate surface area is 91.3 Å². The van der Waals surface area contributed by atoms with Gasteiger partial charge in [-0.2, -0.15) is 0 Å². The van der Waals surface area contributed by atoms with Gasteiger partial charge in [-0.3, -0.25) is 4.98 Å². The zero-order valence-corrected chi connectivity index (χ0v) is 9.29. The summed E-state index contributed by atoms with van der Waals surface area (Å²) in [6, 6.07) is 8.15. The highest BCUT2D eigenvalue weighted by atomic mass is 79.9. The molecule has 0 bridgehead atoms. The van der Waals surface area contributed by atoms with E-state index in [-0.39, 0.29) is 0 Å². The van der Waals surface area contributed by atoms with Crippen LogP contribution in [0.2, 0.25) is 0 Å². The fraction of sp³-hybridized carbons (Fsp3) is 0.182. The van der Waals surface area contributed by atoms with Crippen LogP contribution in [0, 0.1) is 0 Å². The molecule has 0 unspecified atom stereocenters. The van der Waals surface area contributed by atoms with Crippen LogP contribution in [-0.2, 0) is 6.42 Å². The lowest BCUT2D eigenvalue weighted by molar-refractivity contribution is 0.935. The molecular formula is C11H11BrN2. The molecule has 1 aromatic heterocycles. The summed E-state index contributed by atoms with van der Waals surface area (Å²) in [5.41, 5.74) is 6.61. The van der Waals surface area contributed by atoms with Gasteiger partial charge in [-0.15, -0.1) is 0 Å². The highest BCUT2D eigenvalue weighted by Gasteiger charge is 2.03. The second-order valence-electron chi connectivity index (χ2n) is 3.13. The zero-order chi connectivity index (χ0) is 9.97. The topological polar surface area (TPSA) is 38.9 Å². The van der Waals surface area contributed by atoms with Gasteiger partial charge in [-0.25, -0.2) is 0 Å². The van der Waals surface area contributed by atoms with Gasteiger partial charge in [0.1, 0.15) is 0 Å². The molecule has 0 amide bonds. The number of fused-ring (bicyclic) bond motifs is 1. The molecular weight excluding hydrogens is 240 g/mol. The SMILES string of the molecule is NCCc1nccc2c(Br)cccc12. The molecule has 1 aromatic carbocycles. The van der Waals surface area contributed by atoms with Gasteiger partial charge in [-0.1, -0.05) is 28.1 Å². The van der Waals surface area contributed by atoms with Gasteiger partial charge in [0.2, 0.25) is 0 Å². The number of hydrogen-bond acceptors (Lipinski definition) is 2. The second kappa shape index (κ2) is 4.07. The summed E-state index contributed by atoms with van der Waals surface area (Å²) in [6.45, 7) is 0.638. The van der Waals surface area contributed by atoms with Gasteiger partial charge in [0.15, 0.2) is 0 Å². The molecule has 0 aliphatic rings. The first kappa shape index (κ1) is 9.62. The van der Waals surface area contributed by atoms with Crippen LogP contribution in [0.25, 0.3) is 10.8 Å². The maximum Gasteiger partial charge on any atom is 0.0494 e. The third-order valence-electron chi connectivity index (χ3n) is 2.22. The van der Waals surface area contributed by atoms with Crippen molar-refractivity contribution >= 4 is 26.7 Å². The smallest absolute Gasteiger partial charge is 0.0494 e. The molecule has 0 saturated carbocycles. The highest BCUT2D eigenvalue weighted by Crippen LogP contribution is 2.24. The van der Waals surface area contributed by atoms with E-state index in [1.54, 1.807) is 0 Å². The maximum absolute atomic E-state index is 5.54. The third-order valence-corrected chi connectivity index (χ3v) is 2.91. The fourth-order valence-corrected chi connectivity index (χ4v) is 2.06. The molecule has 0 atom stereocenters. The van der Waals surface area contributed by atoms with Gasteiger partial charge in [0, 0.05) is 28.2 Å². The number of pyridine rings is 1. The number of nitrogens with zero attached hydrogens (tertiary/aromatic N) is 1. The quantitative estimate of drug-likeness (QED) is 0.890. The van der Waals surface area contributed by atoms with E-state index in [9.17, 15) is 0 Å². The fourth-order valence-electron chi connectivity index (χ4n) is 1.57. The first-order valence-electron chi connectivity index (χ1n) is 4.55. The Hall–Kier alpha value is -0.930. The van der Waals surface area contributed by atoms with E-state index in [0.29, 0.717) is 6.54 Å². The van der Waals surface area contributed by atoms with Gasteiger partial charge in [0.05, 0.1) is 0 Å². The molecule has 2 nitrogen and oxygen atoms in total. The average Bonchev–Trinajstić information content (AvgIpc) is 2.20. The summed E-state index contributed by atoms with van der Waals surface area (Å²) in [4.78, 5) is 4.34. The van der Waals surface area contributed by atoms with Crippen molar-refractivity contribution in [3.8, 4) is 0 Å². The van der Waals surface area contributed by atoms with Crippen molar-refractivity contribution in [1.82, 2.24) is 4.98 Å². The molecule has 14 heavy (non-hydrogen) atoms. The van der Waals surface area contributed by atoms with Crippen molar-refractivity contribution in [2.75, 3.05) is 6.54 Å². The summed E-state index contributed by atoms with van der Waals surface area (Å²) in [5.74, 6) is 0. The number of aromatic nitrogens is 1. The van der Waals surface area contributed by atoms with E-state index < -0.39 is 0 Å². The predicted octanol–water partition coefficient (Wildman–Crippen LogP) is 2.50. The van der Waals surface area contributed by atoms with Crippen LogP contribution in [0.15, 0.2) is 34.9 Å². The van der Waals surface area contributed by atoms with Crippen molar-refractivity contribution in [1.29, 1.82) is 0 Å². The van der Waals surface area contributed by atoms with E-state index in [4.69, 9.17) is 5.73 Å². The van der Waals surface area contributed by atoms with E-state index in [2.05, 4.69) is 27.0 Å². The van der Waals surface area contributed by atoms with E-state index in [1.807, 2.05) is 24.4 Å². The molecule has 0 aliphatic carbocycles. The predicted molar refractivity (Wildman–Crippen MR) is 62.2 cm³/mol. The standard InChI is InChI=1S/C11H11BrN2/c12-10-3-1-2-9-8(10)5-7-14-11(9)4-6-13/h1-3,5,7H,4,6,13H2.